The predicted molar refractivity (Wildman–Crippen MR) is 69.3 cm³/mol. The fourth-order valence-corrected chi connectivity index (χ4v) is 2.23. The summed E-state index contributed by atoms with van der Waals surface area (Å²) >= 11 is 0. The van der Waals surface area contributed by atoms with Gasteiger partial charge in [0.25, 0.3) is 0 Å². The van der Waals surface area contributed by atoms with Gasteiger partial charge in [0.1, 0.15) is 0 Å². The van der Waals surface area contributed by atoms with Crippen molar-refractivity contribution in [2.75, 3.05) is 11.9 Å². The first kappa shape index (κ1) is 13.1. The van der Waals surface area contributed by atoms with Crippen LogP contribution in [0.2, 0.25) is 0 Å². The lowest BCUT2D eigenvalue weighted by Crippen LogP contribution is -2.19. The molecule has 2 rings (SSSR count). The van der Waals surface area contributed by atoms with Crippen molar-refractivity contribution in [1.82, 2.24) is 0 Å². The second-order valence-corrected chi connectivity index (χ2v) is 4.70. The average Bonchev–Trinajstić information content (AvgIpc) is 2.38. The zero-order valence-electron chi connectivity index (χ0n) is 10.4. The second-order valence-electron chi connectivity index (χ2n) is 4.70. The SMILES string of the molecule is O=C1CCc2cc(C(O)CCCCO)ccc2N1. The van der Waals surface area contributed by atoms with Gasteiger partial charge in [-0.3, -0.25) is 4.79 Å². The molecule has 0 saturated carbocycles. The van der Waals surface area contributed by atoms with E-state index in [-0.39, 0.29) is 12.5 Å². The van der Waals surface area contributed by atoms with E-state index in [1.807, 2.05) is 18.2 Å². The fourth-order valence-electron chi connectivity index (χ4n) is 2.23. The second kappa shape index (κ2) is 5.98. The van der Waals surface area contributed by atoms with Crippen LogP contribution in [0.1, 0.15) is 42.9 Å². The summed E-state index contributed by atoms with van der Waals surface area (Å²) in [6, 6.07) is 5.68. The first-order valence-electron chi connectivity index (χ1n) is 6.42. The third-order valence-corrected chi connectivity index (χ3v) is 3.30. The summed E-state index contributed by atoms with van der Waals surface area (Å²) in [4.78, 5) is 11.2. The summed E-state index contributed by atoms with van der Waals surface area (Å²) in [5, 5.41) is 21.6. The van der Waals surface area contributed by atoms with Gasteiger partial charge >= 0.3 is 0 Å². The largest absolute Gasteiger partial charge is 0.396 e. The molecule has 0 aromatic heterocycles. The highest BCUT2D eigenvalue weighted by molar-refractivity contribution is 5.93. The number of amides is 1. The number of rotatable bonds is 5. The minimum absolute atomic E-state index is 0.0544. The number of hydrogen-bond donors (Lipinski definition) is 3. The maximum Gasteiger partial charge on any atom is 0.224 e. The Labute approximate surface area is 107 Å². The van der Waals surface area contributed by atoms with E-state index in [1.54, 1.807) is 0 Å². The van der Waals surface area contributed by atoms with Gasteiger partial charge in [-0.1, -0.05) is 12.1 Å². The predicted octanol–water partition coefficient (Wildman–Crippen LogP) is 1.77. The molecule has 4 heteroatoms. The van der Waals surface area contributed by atoms with Crippen molar-refractivity contribution >= 4 is 11.6 Å². The molecule has 0 aliphatic carbocycles. The van der Waals surface area contributed by atoms with Gasteiger partial charge < -0.3 is 15.5 Å². The van der Waals surface area contributed by atoms with Crippen LogP contribution in [0, 0.1) is 0 Å². The third-order valence-electron chi connectivity index (χ3n) is 3.30. The Kier molecular flexibility index (Phi) is 4.33. The molecular formula is C14H19NO3. The van der Waals surface area contributed by atoms with Gasteiger partial charge in [0, 0.05) is 18.7 Å². The van der Waals surface area contributed by atoms with Gasteiger partial charge in [0.2, 0.25) is 5.91 Å². The number of aliphatic hydroxyl groups is 2. The van der Waals surface area contributed by atoms with Crippen molar-refractivity contribution < 1.29 is 15.0 Å². The van der Waals surface area contributed by atoms with Crippen LogP contribution in [0.15, 0.2) is 18.2 Å². The van der Waals surface area contributed by atoms with Crippen molar-refractivity contribution in [2.24, 2.45) is 0 Å². The zero-order valence-corrected chi connectivity index (χ0v) is 10.4. The minimum Gasteiger partial charge on any atom is -0.396 e. The molecule has 3 N–H and O–H groups in total. The number of nitrogens with one attached hydrogen (secondary N) is 1. The van der Waals surface area contributed by atoms with Gasteiger partial charge in [0.05, 0.1) is 6.10 Å². The summed E-state index contributed by atoms with van der Waals surface area (Å²) in [7, 11) is 0. The van der Waals surface area contributed by atoms with E-state index < -0.39 is 6.10 Å². The van der Waals surface area contributed by atoms with Gasteiger partial charge in [-0.15, -0.1) is 0 Å². The lowest BCUT2D eigenvalue weighted by Gasteiger charge is -2.19. The van der Waals surface area contributed by atoms with E-state index in [4.69, 9.17) is 5.11 Å². The Morgan fingerprint density at radius 2 is 2.11 bits per heavy atom. The molecule has 1 heterocycles. The molecule has 0 spiro atoms. The number of carbonyl (C=O) groups excluding carboxylic acids is 1. The van der Waals surface area contributed by atoms with Crippen LogP contribution in [0.3, 0.4) is 0 Å². The van der Waals surface area contributed by atoms with Gasteiger partial charge in [-0.05, 0) is 42.9 Å². The number of unbranched alkanes of at least 4 members (excludes halogenated alkanes) is 1. The van der Waals surface area contributed by atoms with E-state index in [0.717, 1.165) is 36.1 Å². The lowest BCUT2D eigenvalue weighted by molar-refractivity contribution is -0.116. The molecule has 0 radical (unpaired) electrons. The molecule has 1 aliphatic heterocycles. The molecule has 1 amide bonds. The number of aliphatic hydroxyl groups excluding tert-OH is 2. The Morgan fingerprint density at radius 1 is 1.28 bits per heavy atom. The average molecular weight is 249 g/mol. The Morgan fingerprint density at radius 3 is 2.89 bits per heavy atom. The van der Waals surface area contributed by atoms with Crippen LogP contribution >= 0.6 is 0 Å². The highest BCUT2D eigenvalue weighted by Crippen LogP contribution is 2.27. The molecule has 0 saturated heterocycles. The fraction of sp³-hybridized carbons (Fsp3) is 0.500. The number of hydrogen-bond acceptors (Lipinski definition) is 3. The van der Waals surface area contributed by atoms with Crippen LogP contribution in [-0.2, 0) is 11.2 Å². The minimum atomic E-state index is -0.487. The maximum atomic E-state index is 11.2. The molecule has 4 nitrogen and oxygen atoms in total. The summed E-state index contributed by atoms with van der Waals surface area (Å²) in [6.45, 7) is 0.170. The number of aryl methyl sites for hydroxylation is 1. The van der Waals surface area contributed by atoms with E-state index in [9.17, 15) is 9.90 Å². The topological polar surface area (TPSA) is 69.6 Å². The Hall–Kier alpha value is -1.39. The van der Waals surface area contributed by atoms with Crippen LogP contribution in [-0.4, -0.2) is 22.7 Å². The zero-order chi connectivity index (χ0) is 13.0. The molecule has 1 unspecified atom stereocenters. The van der Waals surface area contributed by atoms with Crippen LogP contribution in [0.4, 0.5) is 5.69 Å². The molecule has 1 aromatic rings. The highest BCUT2D eigenvalue weighted by Gasteiger charge is 2.16. The molecule has 18 heavy (non-hydrogen) atoms. The van der Waals surface area contributed by atoms with E-state index >= 15 is 0 Å². The maximum absolute atomic E-state index is 11.2. The molecule has 1 aromatic carbocycles. The standard InChI is InChI=1S/C14H19NO3/c16-8-2-1-3-13(17)11-4-6-12-10(9-11)5-7-14(18)15-12/h4,6,9,13,16-17H,1-3,5,7-8H2,(H,15,18). The number of fused-ring (bicyclic) bond motifs is 1. The van der Waals surface area contributed by atoms with Gasteiger partial charge in [0.15, 0.2) is 0 Å². The molecule has 98 valence electrons. The van der Waals surface area contributed by atoms with Crippen LogP contribution in [0.25, 0.3) is 0 Å². The highest BCUT2D eigenvalue weighted by atomic mass is 16.3. The van der Waals surface area contributed by atoms with Crippen molar-refractivity contribution in [3.05, 3.63) is 29.3 Å². The Balaban J connectivity index is 2.04. The summed E-state index contributed by atoms with van der Waals surface area (Å²) < 4.78 is 0. The number of anilines is 1. The molecule has 1 atom stereocenters. The Bertz CT molecular complexity index is 431. The van der Waals surface area contributed by atoms with Gasteiger partial charge in [-0.2, -0.15) is 0 Å². The van der Waals surface area contributed by atoms with Crippen molar-refractivity contribution in [1.29, 1.82) is 0 Å². The summed E-state index contributed by atoms with van der Waals surface area (Å²) in [5.41, 5.74) is 2.84. The van der Waals surface area contributed by atoms with E-state index in [2.05, 4.69) is 5.32 Å². The molecule has 0 fully saturated rings. The van der Waals surface area contributed by atoms with Crippen LogP contribution < -0.4 is 5.32 Å². The lowest BCUT2D eigenvalue weighted by atomic mass is 9.96. The monoisotopic (exact) mass is 249 g/mol. The van der Waals surface area contributed by atoms with Crippen LogP contribution in [0.5, 0.6) is 0 Å². The van der Waals surface area contributed by atoms with E-state index in [1.165, 1.54) is 0 Å². The molecular weight excluding hydrogens is 230 g/mol. The van der Waals surface area contributed by atoms with E-state index in [0.29, 0.717) is 12.8 Å². The molecule has 0 bridgehead atoms. The van der Waals surface area contributed by atoms with Crippen molar-refractivity contribution in [3.8, 4) is 0 Å². The number of benzene rings is 1. The first-order chi connectivity index (χ1) is 8.70. The van der Waals surface area contributed by atoms with Crippen molar-refractivity contribution in [2.45, 2.75) is 38.2 Å². The quantitative estimate of drug-likeness (QED) is 0.696. The van der Waals surface area contributed by atoms with Crippen molar-refractivity contribution in [3.63, 3.8) is 0 Å². The third kappa shape index (κ3) is 3.09. The first-order valence-corrected chi connectivity index (χ1v) is 6.42. The smallest absolute Gasteiger partial charge is 0.224 e. The normalized spacial score (nSPS) is 16.0. The summed E-state index contributed by atoms with van der Waals surface area (Å²) in [6.07, 6.45) is 2.95. The van der Waals surface area contributed by atoms with Gasteiger partial charge in [-0.25, -0.2) is 0 Å². The molecule has 1 aliphatic rings. The number of carbonyl (C=O) groups is 1. The summed E-state index contributed by atoms with van der Waals surface area (Å²) in [5.74, 6) is 0.0544.